The van der Waals surface area contributed by atoms with Crippen LogP contribution in [0, 0.1) is 128 Å². The zero-order valence-corrected chi connectivity index (χ0v) is 35.0. The second-order valence-electron chi connectivity index (χ2n) is 16.3. The second-order valence-corrected chi connectivity index (χ2v) is 16.3. The Kier molecular flexibility index (Phi) is 13.2. The first-order valence-electron chi connectivity index (χ1n) is 19.2. The molecule has 0 radical (unpaired) electrons. The Morgan fingerprint density at radius 3 is 0.731 bits per heavy atom. The summed E-state index contributed by atoms with van der Waals surface area (Å²) >= 11 is 0. The molecule has 420 valence electrons. The number of halogens is 36. The van der Waals surface area contributed by atoms with Gasteiger partial charge in [0.25, 0.3) is 0 Å². The minimum atomic E-state index is -7.80. The average Bonchev–Trinajstić information content (AvgIpc) is 3.49. The van der Waals surface area contributed by atoms with Gasteiger partial charge in [-0.25, -0.2) is 105 Å². The largest absolute Gasteiger partial charge is 0.379 e. The van der Waals surface area contributed by atoms with Gasteiger partial charge in [-0.1, -0.05) is 0 Å². The van der Waals surface area contributed by atoms with Gasteiger partial charge in [0.05, 0.1) is 27.3 Å². The predicted octanol–water partition coefficient (Wildman–Crippen LogP) is 13.3. The van der Waals surface area contributed by atoms with Crippen LogP contribution >= 0.6 is 0 Å². The van der Waals surface area contributed by atoms with E-state index in [2.05, 4.69) is 0 Å². The SMILES string of the molecule is Fc1c(F)c(F)c(Bc2c(F)c(F)c(F)c3c(F)c4c(F)c(F)c(F)c(F)c4c(F)c23)c(F)c1F.Fc1c(F)c(F)c2c(c1F)C(F)(F)C(F)(F)C(F)(F)C2(F)BC1(F)c2c(F)c(F)c(F)c(F)c2C(F)(F)C(F)(F)C1(F)F. The van der Waals surface area contributed by atoms with E-state index in [1.807, 2.05) is 0 Å². The van der Waals surface area contributed by atoms with Gasteiger partial charge < -0.3 is 0 Å². The fourth-order valence-electron chi connectivity index (χ4n) is 8.45. The first-order chi connectivity index (χ1) is 35.2. The van der Waals surface area contributed by atoms with E-state index in [1.165, 1.54) is 0 Å². The Morgan fingerprint density at radius 2 is 0.410 bits per heavy atom. The molecule has 2 aliphatic rings. The zero-order chi connectivity index (χ0) is 59.9. The van der Waals surface area contributed by atoms with E-state index in [0.717, 1.165) is 0 Å². The van der Waals surface area contributed by atoms with Crippen molar-refractivity contribution in [1.29, 1.82) is 0 Å². The minimum Gasteiger partial charge on any atom is -0.242 e. The van der Waals surface area contributed by atoms with Gasteiger partial charge in [0.15, 0.2) is 127 Å². The van der Waals surface area contributed by atoms with E-state index < -0.39 is 244 Å². The van der Waals surface area contributed by atoms with Gasteiger partial charge in [-0.05, 0) is 10.9 Å². The van der Waals surface area contributed by atoms with Crippen LogP contribution in [0.2, 0.25) is 0 Å². The summed E-state index contributed by atoms with van der Waals surface area (Å²) in [6.07, 6.45) is 0. The number of hydrogen-bond acceptors (Lipinski definition) is 0. The van der Waals surface area contributed by atoms with E-state index in [1.54, 1.807) is 0 Å². The summed E-state index contributed by atoms with van der Waals surface area (Å²) in [6.45, 7) is 0. The van der Waals surface area contributed by atoms with Crippen LogP contribution in [-0.2, 0) is 23.0 Å². The van der Waals surface area contributed by atoms with E-state index in [9.17, 15) is 145 Å². The van der Waals surface area contributed by atoms with Crippen molar-refractivity contribution in [2.45, 2.75) is 46.7 Å². The highest BCUT2D eigenvalue weighted by Gasteiger charge is 2.91. The van der Waals surface area contributed by atoms with Crippen LogP contribution in [0.4, 0.5) is 158 Å². The molecule has 0 saturated heterocycles. The summed E-state index contributed by atoms with van der Waals surface area (Å²) in [4.78, 5) is 0. The summed E-state index contributed by atoms with van der Waals surface area (Å²) in [7, 11) is -6.69. The maximum Gasteiger partial charge on any atom is 0.379 e. The highest BCUT2D eigenvalue weighted by atomic mass is 19.4. The fourth-order valence-corrected chi connectivity index (χ4v) is 8.45. The maximum atomic E-state index is 16.0. The Hall–Kier alpha value is -6.55. The molecular weight excluding hydrogens is 1190 g/mol. The molecule has 0 heterocycles. The van der Waals surface area contributed by atoms with Crippen molar-refractivity contribution >= 4 is 47.0 Å². The van der Waals surface area contributed by atoms with Crippen LogP contribution in [0.3, 0.4) is 0 Å². The second kappa shape index (κ2) is 17.5. The Labute approximate surface area is 402 Å². The summed E-state index contributed by atoms with van der Waals surface area (Å²) in [6, 6.07) is 0. The molecule has 0 saturated carbocycles. The number of fused-ring (bicyclic) bond motifs is 4. The molecule has 0 aromatic heterocycles. The number of hydrogen-bond donors (Lipinski definition) is 0. The van der Waals surface area contributed by atoms with Gasteiger partial charge in [0, 0.05) is 16.5 Å². The van der Waals surface area contributed by atoms with Gasteiger partial charge in [0.2, 0.25) is 14.6 Å². The number of rotatable bonds is 4. The normalized spacial score (nSPS) is 21.3. The molecule has 0 spiro atoms. The quantitative estimate of drug-likeness (QED) is 0.0543. The highest BCUT2D eigenvalue weighted by Crippen LogP contribution is 2.70. The smallest absolute Gasteiger partial charge is 0.242 e. The standard InChI is InChI=1S/C20HBF22.C20HBF14/c22-5-1-3(7(24)11(28)9(5)26)15(32,33)19(40,41)17(36,37)13(1,30)21-14(31)2-4(8(25)12(29)10(27)6(2)23)16(34,35)20(42,43)18(14,38)39;22-7-1-2(8(23)4-3(7)10(25)16(31)17(32)11(4)26)9(24)15(30)12(27)5(1)21-6-13(28)18(33)20(35)19(34)14(6)29/h21H;21H. The monoisotopic (exact) mass is 1190 g/mol. The van der Waals surface area contributed by atoms with Crippen molar-refractivity contribution in [3.8, 4) is 0 Å². The molecule has 78 heavy (non-hydrogen) atoms. The van der Waals surface area contributed by atoms with E-state index in [0.29, 0.717) is 0 Å². The molecule has 6 aromatic carbocycles. The minimum absolute atomic E-state index is 1.81. The molecule has 0 nitrogen and oxygen atoms in total. The first-order valence-corrected chi connectivity index (χ1v) is 19.2. The van der Waals surface area contributed by atoms with Crippen LogP contribution in [0.25, 0.3) is 21.5 Å². The zero-order valence-electron chi connectivity index (χ0n) is 35.0. The van der Waals surface area contributed by atoms with E-state index in [-0.39, 0.29) is 0 Å². The first kappa shape index (κ1) is 59.1. The number of alkyl halides is 14. The summed E-state index contributed by atoms with van der Waals surface area (Å²) in [5.74, 6) is -112. The molecule has 2 atom stereocenters. The van der Waals surface area contributed by atoms with E-state index >= 15 is 13.2 Å². The third-order valence-corrected chi connectivity index (χ3v) is 12.2. The lowest BCUT2D eigenvalue weighted by molar-refractivity contribution is -0.360. The van der Waals surface area contributed by atoms with Crippen LogP contribution in [0.15, 0.2) is 0 Å². The summed E-state index contributed by atoms with van der Waals surface area (Å²) < 4.78 is 515. The van der Waals surface area contributed by atoms with Crippen molar-refractivity contribution in [3.63, 3.8) is 0 Å². The topological polar surface area (TPSA) is 0 Å². The van der Waals surface area contributed by atoms with Crippen LogP contribution in [0.1, 0.15) is 22.3 Å². The molecule has 6 aromatic rings. The molecule has 0 bridgehead atoms. The van der Waals surface area contributed by atoms with Crippen LogP contribution in [0.5, 0.6) is 0 Å². The lowest BCUT2D eigenvalue weighted by atomic mass is 9.40. The van der Waals surface area contributed by atoms with E-state index in [4.69, 9.17) is 0 Å². The fraction of sp³-hybridized carbons (Fsp3) is 0.200. The molecule has 8 rings (SSSR count). The Morgan fingerprint density at radius 1 is 0.192 bits per heavy atom. The third-order valence-electron chi connectivity index (χ3n) is 12.2. The Balaban J connectivity index is 0.000000231. The summed E-state index contributed by atoms with van der Waals surface area (Å²) in [5.41, 5.74) is -34.0. The van der Waals surface area contributed by atoms with Gasteiger partial charge in [0.1, 0.15) is 11.6 Å². The van der Waals surface area contributed by atoms with Crippen molar-refractivity contribution in [2.75, 3.05) is 0 Å². The predicted molar refractivity (Wildman–Crippen MR) is 187 cm³/mol. The number of benzene rings is 6. The van der Waals surface area contributed by atoms with Crippen molar-refractivity contribution in [3.05, 3.63) is 150 Å². The van der Waals surface area contributed by atoms with Crippen LogP contribution in [-0.4, -0.2) is 38.2 Å². The molecule has 38 heteroatoms. The van der Waals surface area contributed by atoms with Gasteiger partial charge in [-0.15, -0.1) is 0 Å². The molecule has 2 unspecified atom stereocenters. The Bertz CT molecular complexity index is 3520. The highest BCUT2D eigenvalue weighted by molar-refractivity contribution is 6.70. The molecule has 0 fully saturated rings. The van der Waals surface area contributed by atoms with Gasteiger partial charge in [-0.2, -0.15) is 52.7 Å². The maximum absolute atomic E-state index is 16.0. The lowest BCUT2D eigenvalue weighted by Gasteiger charge is -2.51. The molecule has 0 aliphatic heterocycles. The van der Waals surface area contributed by atoms with Gasteiger partial charge >= 0.3 is 35.5 Å². The lowest BCUT2D eigenvalue weighted by Crippen LogP contribution is -2.74. The van der Waals surface area contributed by atoms with Crippen molar-refractivity contribution < 1.29 is 158 Å². The van der Waals surface area contributed by atoms with Crippen LogP contribution < -0.4 is 10.9 Å². The average molecular weight is 1190 g/mol. The summed E-state index contributed by atoms with van der Waals surface area (Å²) in [5, 5.41) is -8.09. The molecular formula is C40H2B2F36. The van der Waals surface area contributed by atoms with Gasteiger partial charge in [-0.3, -0.25) is 0 Å². The molecule has 0 amide bonds. The third kappa shape index (κ3) is 6.88. The van der Waals surface area contributed by atoms with Crippen molar-refractivity contribution in [2.24, 2.45) is 0 Å². The molecule has 2 aliphatic carbocycles. The van der Waals surface area contributed by atoms with Crippen molar-refractivity contribution in [1.82, 2.24) is 0 Å². The molecule has 0 N–H and O–H groups in total.